The molecule has 0 bridgehead atoms. The molecule has 0 radical (unpaired) electrons. The molecule has 3 rings (SSSR count). The second-order valence-electron chi connectivity index (χ2n) is 6.22. The van der Waals surface area contributed by atoms with Gasteiger partial charge in [0, 0.05) is 11.1 Å². The minimum atomic E-state index is -3.82. The van der Waals surface area contributed by atoms with Gasteiger partial charge in [-0.05, 0) is 49.2 Å². The van der Waals surface area contributed by atoms with Crippen LogP contribution >= 0.6 is 34.8 Å². The van der Waals surface area contributed by atoms with Gasteiger partial charge < -0.3 is 10.1 Å². The first-order valence-electron chi connectivity index (χ1n) is 8.44. The lowest BCUT2D eigenvalue weighted by molar-refractivity contribution is 0.0947. The number of sulfonamides is 1. The average Bonchev–Trinajstić information content (AvgIpc) is 3.43. The molecule has 6 nitrogen and oxygen atoms in total. The summed E-state index contributed by atoms with van der Waals surface area (Å²) in [4.78, 5) is 12.2. The molecule has 0 saturated heterocycles. The van der Waals surface area contributed by atoms with Gasteiger partial charge in [0.05, 0.1) is 22.2 Å². The molecule has 1 saturated carbocycles. The maximum Gasteiger partial charge on any atom is 0.252 e. The smallest absolute Gasteiger partial charge is 0.252 e. The van der Waals surface area contributed by atoms with Crippen molar-refractivity contribution in [1.29, 1.82) is 0 Å². The quantitative estimate of drug-likeness (QED) is 0.582. The predicted molar refractivity (Wildman–Crippen MR) is 109 cm³/mol. The fourth-order valence-electron chi connectivity index (χ4n) is 2.35. The van der Waals surface area contributed by atoms with Gasteiger partial charge in [-0.15, -0.1) is 0 Å². The Labute approximate surface area is 178 Å². The molecule has 0 heterocycles. The van der Waals surface area contributed by atoms with Crippen LogP contribution in [0.15, 0.2) is 41.3 Å². The molecule has 0 atom stereocenters. The summed E-state index contributed by atoms with van der Waals surface area (Å²) < 4.78 is 32.9. The van der Waals surface area contributed by atoms with Crippen molar-refractivity contribution in [3.8, 4) is 5.75 Å². The van der Waals surface area contributed by atoms with Gasteiger partial charge in [0.1, 0.15) is 17.3 Å². The molecule has 1 aliphatic carbocycles. The Kier molecular flexibility index (Phi) is 6.73. The summed E-state index contributed by atoms with van der Waals surface area (Å²) in [6.45, 7) is 0.412. The van der Waals surface area contributed by atoms with Crippen molar-refractivity contribution in [1.82, 2.24) is 10.0 Å². The summed E-state index contributed by atoms with van der Waals surface area (Å²) in [7, 11) is -3.82. The molecule has 28 heavy (non-hydrogen) atoms. The van der Waals surface area contributed by atoms with E-state index in [2.05, 4.69) is 10.0 Å². The molecule has 10 heteroatoms. The van der Waals surface area contributed by atoms with Crippen molar-refractivity contribution in [2.24, 2.45) is 0 Å². The molecule has 1 aliphatic rings. The molecule has 1 amide bonds. The topological polar surface area (TPSA) is 84.5 Å². The van der Waals surface area contributed by atoms with E-state index in [1.54, 1.807) is 24.3 Å². The largest absolute Gasteiger partial charge is 0.492 e. The third-order valence-electron chi connectivity index (χ3n) is 3.92. The maximum absolute atomic E-state index is 12.4. The van der Waals surface area contributed by atoms with Crippen LogP contribution in [0.25, 0.3) is 0 Å². The van der Waals surface area contributed by atoms with E-state index in [4.69, 9.17) is 39.5 Å². The summed E-state index contributed by atoms with van der Waals surface area (Å²) in [5.74, 6) is 0.0898. The number of benzene rings is 2. The van der Waals surface area contributed by atoms with Crippen LogP contribution in [-0.4, -0.2) is 33.5 Å². The first-order chi connectivity index (χ1) is 13.3. The van der Waals surface area contributed by atoms with Gasteiger partial charge in [0.2, 0.25) is 10.0 Å². The van der Waals surface area contributed by atoms with Crippen LogP contribution in [0.5, 0.6) is 5.75 Å². The highest BCUT2D eigenvalue weighted by Crippen LogP contribution is 2.30. The first kappa shape index (κ1) is 21.2. The molecular weight excluding hydrogens is 447 g/mol. The van der Waals surface area contributed by atoms with Crippen LogP contribution in [0.2, 0.25) is 15.1 Å². The van der Waals surface area contributed by atoms with Crippen molar-refractivity contribution in [2.45, 2.75) is 23.8 Å². The number of amides is 1. The van der Waals surface area contributed by atoms with Gasteiger partial charge in [0.15, 0.2) is 0 Å². The number of carbonyl (C=O) groups is 1. The van der Waals surface area contributed by atoms with Gasteiger partial charge in [-0.2, -0.15) is 0 Å². The van der Waals surface area contributed by atoms with E-state index in [0.717, 1.165) is 12.8 Å². The number of ether oxygens (including phenoxy) is 1. The van der Waals surface area contributed by atoms with Crippen LogP contribution in [0.3, 0.4) is 0 Å². The number of nitrogens with one attached hydrogen (secondary N) is 2. The van der Waals surface area contributed by atoms with Gasteiger partial charge in [-0.3, -0.25) is 4.79 Å². The van der Waals surface area contributed by atoms with Crippen molar-refractivity contribution < 1.29 is 17.9 Å². The van der Waals surface area contributed by atoms with E-state index in [0.29, 0.717) is 10.8 Å². The Morgan fingerprint density at radius 1 is 1.07 bits per heavy atom. The van der Waals surface area contributed by atoms with E-state index in [1.807, 2.05) is 0 Å². The van der Waals surface area contributed by atoms with Crippen molar-refractivity contribution >= 4 is 50.7 Å². The summed E-state index contributed by atoms with van der Waals surface area (Å²) >= 11 is 17.9. The predicted octanol–water partition coefficient (Wildman–Crippen LogP) is 3.90. The number of hydrogen-bond acceptors (Lipinski definition) is 4. The summed E-state index contributed by atoms with van der Waals surface area (Å²) in [6, 6.07) is 9.17. The zero-order chi connectivity index (χ0) is 20.3. The van der Waals surface area contributed by atoms with E-state index < -0.39 is 15.9 Å². The average molecular weight is 464 g/mol. The lowest BCUT2D eigenvalue weighted by atomic mass is 10.2. The van der Waals surface area contributed by atoms with Gasteiger partial charge in [-0.25, -0.2) is 13.1 Å². The van der Waals surface area contributed by atoms with Gasteiger partial charge >= 0.3 is 0 Å². The number of hydrogen-bond donors (Lipinski definition) is 2. The van der Waals surface area contributed by atoms with Crippen LogP contribution in [0.1, 0.15) is 23.2 Å². The molecule has 1 fully saturated rings. The zero-order valence-corrected chi connectivity index (χ0v) is 17.6. The number of halogens is 3. The monoisotopic (exact) mass is 462 g/mol. The standard InChI is InChI=1S/C18H17Cl3N2O4S/c19-11-1-5-13(6-2-11)27-8-7-22-18(24)14-9-17(16(21)10-15(14)20)28(25,26)23-12-3-4-12/h1-2,5-6,9-10,12,23H,3-4,7-8H2,(H,22,24). The molecule has 2 aromatic carbocycles. The Morgan fingerprint density at radius 3 is 2.39 bits per heavy atom. The van der Waals surface area contributed by atoms with Gasteiger partial charge in [-0.1, -0.05) is 34.8 Å². The molecule has 2 N–H and O–H groups in total. The van der Waals surface area contributed by atoms with Crippen molar-refractivity contribution in [3.05, 3.63) is 57.0 Å². The molecular formula is C18H17Cl3N2O4S. The highest BCUT2D eigenvalue weighted by atomic mass is 35.5. The van der Waals surface area contributed by atoms with E-state index in [-0.39, 0.29) is 39.7 Å². The fraction of sp³-hybridized carbons (Fsp3) is 0.278. The molecule has 150 valence electrons. The van der Waals surface area contributed by atoms with Crippen molar-refractivity contribution in [3.63, 3.8) is 0 Å². The number of rotatable bonds is 8. The lowest BCUT2D eigenvalue weighted by Crippen LogP contribution is -2.29. The Morgan fingerprint density at radius 2 is 1.75 bits per heavy atom. The summed E-state index contributed by atoms with van der Waals surface area (Å²) in [6.07, 6.45) is 1.57. The molecule has 0 spiro atoms. The Balaban J connectivity index is 1.64. The second kappa shape index (κ2) is 8.88. The van der Waals surface area contributed by atoms with Crippen molar-refractivity contribution in [2.75, 3.05) is 13.2 Å². The Bertz CT molecular complexity index is 977. The molecule has 2 aromatic rings. The van der Waals surface area contributed by atoms with E-state index in [1.165, 1.54) is 12.1 Å². The first-order valence-corrected chi connectivity index (χ1v) is 11.1. The zero-order valence-electron chi connectivity index (χ0n) is 14.5. The third kappa shape index (κ3) is 5.52. The van der Waals surface area contributed by atoms with Crippen LogP contribution in [0.4, 0.5) is 0 Å². The van der Waals surface area contributed by atoms with Crippen LogP contribution < -0.4 is 14.8 Å². The normalized spacial score (nSPS) is 14.0. The minimum Gasteiger partial charge on any atom is -0.492 e. The lowest BCUT2D eigenvalue weighted by Gasteiger charge is -2.12. The summed E-state index contributed by atoms with van der Waals surface area (Å²) in [5, 5.41) is 3.26. The Hall–Kier alpha value is -1.51. The highest BCUT2D eigenvalue weighted by Gasteiger charge is 2.30. The second-order valence-corrected chi connectivity index (χ2v) is 9.15. The molecule has 0 unspecified atom stereocenters. The molecule has 0 aliphatic heterocycles. The maximum atomic E-state index is 12.4. The third-order valence-corrected chi connectivity index (χ3v) is 6.47. The highest BCUT2D eigenvalue weighted by molar-refractivity contribution is 7.89. The van der Waals surface area contributed by atoms with Gasteiger partial charge in [0.25, 0.3) is 5.91 Å². The molecule has 0 aromatic heterocycles. The number of carbonyl (C=O) groups excluding carboxylic acids is 1. The summed E-state index contributed by atoms with van der Waals surface area (Å²) in [5.41, 5.74) is 0.0220. The van der Waals surface area contributed by atoms with Crippen LogP contribution in [-0.2, 0) is 10.0 Å². The van der Waals surface area contributed by atoms with Crippen LogP contribution in [0, 0.1) is 0 Å². The van der Waals surface area contributed by atoms with E-state index >= 15 is 0 Å². The van der Waals surface area contributed by atoms with E-state index in [9.17, 15) is 13.2 Å². The fourth-order valence-corrected chi connectivity index (χ4v) is 4.64. The SMILES string of the molecule is O=C(NCCOc1ccc(Cl)cc1)c1cc(S(=O)(=O)NC2CC2)c(Cl)cc1Cl. The minimum absolute atomic E-state index is 0.0220.